The molecule has 0 amide bonds. The first-order valence-corrected chi connectivity index (χ1v) is 6.98. The Morgan fingerprint density at radius 2 is 2.21 bits per heavy atom. The van der Waals surface area contributed by atoms with Crippen LogP contribution in [0, 0.1) is 5.92 Å². The van der Waals surface area contributed by atoms with Gasteiger partial charge in [0.2, 0.25) is 5.89 Å². The summed E-state index contributed by atoms with van der Waals surface area (Å²) in [5, 5.41) is 8.25. The predicted molar refractivity (Wildman–Crippen MR) is 68.5 cm³/mol. The molecule has 0 unspecified atom stereocenters. The van der Waals surface area contributed by atoms with E-state index in [1.165, 1.54) is 19.4 Å². The lowest BCUT2D eigenvalue weighted by Gasteiger charge is -2.13. The van der Waals surface area contributed by atoms with E-state index in [1.54, 1.807) is 6.26 Å². The largest absolute Gasteiger partial charge is 0.459 e. The molecule has 5 nitrogen and oxygen atoms in total. The second-order valence-electron chi connectivity index (χ2n) is 5.61. The lowest BCUT2D eigenvalue weighted by atomic mass is 10.1. The Labute approximate surface area is 111 Å². The van der Waals surface area contributed by atoms with Gasteiger partial charge in [0.1, 0.15) is 0 Å². The molecule has 0 aromatic carbocycles. The maximum absolute atomic E-state index is 5.74. The van der Waals surface area contributed by atoms with Crippen molar-refractivity contribution in [2.75, 3.05) is 19.6 Å². The van der Waals surface area contributed by atoms with Crippen molar-refractivity contribution in [2.24, 2.45) is 5.92 Å². The highest BCUT2D eigenvalue weighted by molar-refractivity contribution is 5.42. The van der Waals surface area contributed by atoms with Gasteiger partial charge in [0.25, 0.3) is 5.89 Å². The monoisotopic (exact) mass is 259 g/mol. The van der Waals surface area contributed by atoms with Crippen molar-refractivity contribution in [3.8, 4) is 11.7 Å². The summed E-state index contributed by atoms with van der Waals surface area (Å²) in [4.78, 5) is 2.53. The highest BCUT2D eigenvalue weighted by atomic mass is 16.4. The van der Waals surface area contributed by atoms with Gasteiger partial charge in [-0.25, -0.2) is 0 Å². The predicted octanol–water partition coefficient (Wildman–Crippen LogP) is 2.53. The fraction of sp³-hybridized carbons (Fsp3) is 0.571. The number of hydrogen-bond acceptors (Lipinski definition) is 5. The zero-order valence-electron chi connectivity index (χ0n) is 10.8. The van der Waals surface area contributed by atoms with E-state index in [9.17, 15) is 0 Å². The summed E-state index contributed by atoms with van der Waals surface area (Å²) in [5.74, 6) is 3.21. The molecule has 5 heteroatoms. The molecule has 1 aliphatic heterocycles. The molecule has 1 atom stereocenters. The van der Waals surface area contributed by atoms with Crippen molar-refractivity contribution in [1.29, 1.82) is 0 Å². The van der Waals surface area contributed by atoms with Gasteiger partial charge in [0.05, 0.1) is 12.2 Å². The Morgan fingerprint density at radius 1 is 1.26 bits per heavy atom. The van der Waals surface area contributed by atoms with Crippen LogP contribution in [-0.4, -0.2) is 34.7 Å². The van der Waals surface area contributed by atoms with Crippen molar-refractivity contribution < 1.29 is 8.83 Å². The molecule has 1 saturated carbocycles. The van der Waals surface area contributed by atoms with Crippen LogP contribution in [0.1, 0.15) is 31.1 Å². The quantitative estimate of drug-likeness (QED) is 0.844. The van der Waals surface area contributed by atoms with Crippen LogP contribution < -0.4 is 0 Å². The van der Waals surface area contributed by atoms with Gasteiger partial charge in [0, 0.05) is 13.1 Å². The summed E-state index contributed by atoms with van der Waals surface area (Å²) in [6.45, 7) is 3.45. The smallest absolute Gasteiger partial charge is 0.283 e. The van der Waals surface area contributed by atoms with Gasteiger partial charge < -0.3 is 13.7 Å². The molecule has 2 aromatic rings. The number of likely N-dealkylation sites (tertiary alicyclic amines) is 1. The molecule has 1 saturated heterocycles. The van der Waals surface area contributed by atoms with Gasteiger partial charge in [-0.2, -0.15) is 0 Å². The van der Waals surface area contributed by atoms with Gasteiger partial charge in [-0.1, -0.05) is 0 Å². The van der Waals surface area contributed by atoms with Gasteiger partial charge in [-0.15, -0.1) is 10.2 Å². The van der Waals surface area contributed by atoms with E-state index in [2.05, 4.69) is 15.1 Å². The molecule has 0 N–H and O–H groups in total. The Balaban J connectivity index is 1.45. The second-order valence-corrected chi connectivity index (χ2v) is 5.61. The highest BCUT2D eigenvalue weighted by Crippen LogP contribution is 2.34. The van der Waals surface area contributed by atoms with Crippen molar-refractivity contribution in [3.63, 3.8) is 0 Å². The molecule has 2 fully saturated rings. The maximum Gasteiger partial charge on any atom is 0.283 e. The van der Waals surface area contributed by atoms with Crippen LogP contribution in [-0.2, 0) is 0 Å². The second kappa shape index (κ2) is 4.49. The van der Waals surface area contributed by atoms with Gasteiger partial charge in [-0.05, 0) is 43.9 Å². The van der Waals surface area contributed by atoms with Crippen LogP contribution in [0.5, 0.6) is 0 Å². The number of hydrogen-bond donors (Lipinski definition) is 0. The third-order valence-electron chi connectivity index (χ3n) is 4.01. The Bertz CT molecular complexity index is 545. The summed E-state index contributed by atoms with van der Waals surface area (Å²) in [6, 6.07) is 3.66. The molecule has 1 aliphatic carbocycles. The SMILES string of the molecule is c1coc(-c2nnc([C@H]3CCN(CC4CC4)C3)o2)c1. The number of nitrogens with zero attached hydrogens (tertiary/aromatic N) is 3. The molecule has 3 heterocycles. The minimum atomic E-state index is 0.384. The number of aromatic nitrogens is 2. The molecular weight excluding hydrogens is 242 g/mol. The fourth-order valence-electron chi connectivity index (χ4n) is 2.76. The molecule has 4 rings (SSSR count). The first-order chi connectivity index (χ1) is 9.38. The minimum absolute atomic E-state index is 0.384. The van der Waals surface area contributed by atoms with Crippen molar-refractivity contribution >= 4 is 0 Å². The van der Waals surface area contributed by atoms with E-state index in [0.717, 1.165) is 31.3 Å². The van der Waals surface area contributed by atoms with E-state index in [1.807, 2.05) is 12.1 Å². The van der Waals surface area contributed by atoms with Crippen molar-refractivity contribution in [2.45, 2.75) is 25.2 Å². The standard InChI is InChI=1S/C14H17N3O2/c1-2-12(18-7-1)14-16-15-13(19-14)11-5-6-17(9-11)8-10-3-4-10/h1-2,7,10-11H,3-6,8-9H2/t11-/m0/s1. The number of furan rings is 1. The summed E-state index contributed by atoms with van der Waals surface area (Å²) in [7, 11) is 0. The van der Waals surface area contributed by atoms with E-state index < -0.39 is 0 Å². The van der Waals surface area contributed by atoms with Gasteiger partial charge in [0.15, 0.2) is 5.76 Å². The fourth-order valence-corrected chi connectivity index (χ4v) is 2.76. The summed E-state index contributed by atoms with van der Waals surface area (Å²) >= 11 is 0. The number of rotatable bonds is 4. The van der Waals surface area contributed by atoms with E-state index in [4.69, 9.17) is 8.83 Å². The topological polar surface area (TPSA) is 55.3 Å². The summed E-state index contributed by atoms with van der Waals surface area (Å²) in [5.41, 5.74) is 0. The Hall–Kier alpha value is -1.62. The molecule has 0 radical (unpaired) electrons. The molecule has 100 valence electrons. The molecular formula is C14H17N3O2. The lowest BCUT2D eigenvalue weighted by Crippen LogP contribution is -2.22. The Morgan fingerprint density at radius 3 is 3.00 bits per heavy atom. The molecule has 0 spiro atoms. The molecule has 19 heavy (non-hydrogen) atoms. The molecule has 2 aliphatic rings. The van der Waals surface area contributed by atoms with Crippen LogP contribution in [0.15, 0.2) is 27.2 Å². The Kier molecular flexibility index (Phi) is 2.65. The maximum atomic E-state index is 5.74. The first-order valence-electron chi connectivity index (χ1n) is 6.98. The van der Waals surface area contributed by atoms with E-state index in [0.29, 0.717) is 17.6 Å². The summed E-state index contributed by atoms with van der Waals surface area (Å²) < 4.78 is 11.0. The zero-order valence-corrected chi connectivity index (χ0v) is 10.8. The van der Waals surface area contributed by atoms with E-state index >= 15 is 0 Å². The first kappa shape index (κ1) is 11.2. The van der Waals surface area contributed by atoms with Crippen molar-refractivity contribution in [1.82, 2.24) is 15.1 Å². The van der Waals surface area contributed by atoms with Gasteiger partial charge >= 0.3 is 0 Å². The molecule has 0 bridgehead atoms. The summed E-state index contributed by atoms with van der Waals surface area (Å²) in [6.07, 6.45) is 5.55. The van der Waals surface area contributed by atoms with Crippen LogP contribution in [0.2, 0.25) is 0 Å². The normalized spacial score (nSPS) is 24.1. The third kappa shape index (κ3) is 2.30. The highest BCUT2D eigenvalue weighted by Gasteiger charge is 2.32. The molecule has 2 aromatic heterocycles. The lowest BCUT2D eigenvalue weighted by molar-refractivity contribution is 0.314. The van der Waals surface area contributed by atoms with Crippen LogP contribution in [0.4, 0.5) is 0 Å². The zero-order chi connectivity index (χ0) is 12.7. The van der Waals surface area contributed by atoms with Crippen LogP contribution in [0.3, 0.4) is 0 Å². The third-order valence-corrected chi connectivity index (χ3v) is 4.01. The van der Waals surface area contributed by atoms with Crippen molar-refractivity contribution in [3.05, 3.63) is 24.3 Å². The van der Waals surface area contributed by atoms with E-state index in [-0.39, 0.29) is 0 Å². The average molecular weight is 259 g/mol. The minimum Gasteiger partial charge on any atom is -0.459 e. The van der Waals surface area contributed by atoms with Gasteiger partial charge in [-0.3, -0.25) is 0 Å². The van der Waals surface area contributed by atoms with Crippen LogP contribution in [0.25, 0.3) is 11.7 Å². The van der Waals surface area contributed by atoms with Crippen LogP contribution >= 0.6 is 0 Å². The average Bonchev–Trinajstić information content (AvgIpc) is 2.93.